The van der Waals surface area contributed by atoms with Crippen molar-refractivity contribution in [2.75, 3.05) is 28.7 Å². The predicted octanol–water partition coefficient (Wildman–Crippen LogP) is 3.68. The molecular weight excluding hydrogens is 398 g/mol. The zero-order valence-corrected chi connectivity index (χ0v) is 16.7. The average molecular weight is 419 g/mol. The number of benzene rings is 2. The molecule has 0 fully saturated rings. The number of fused-ring (bicyclic) bond motifs is 1. The minimum atomic E-state index is -0.356. The smallest absolute Gasteiger partial charge is 0.291 e. The van der Waals surface area contributed by atoms with Gasteiger partial charge in [0.15, 0.2) is 5.76 Å². The number of anilines is 3. The average Bonchev–Trinajstić information content (AvgIpc) is 3.34. The zero-order valence-electron chi connectivity index (χ0n) is 16.7. The molecular formula is C23H21N3O5. The molecule has 0 spiro atoms. The summed E-state index contributed by atoms with van der Waals surface area (Å²) in [6.45, 7) is 0.889. The first-order valence-electron chi connectivity index (χ1n) is 9.87. The first-order chi connectivity index (χ1) is 15.1. The second-order valence-corrected chi connectivity index (χ2v) is 6.92. The van der Waals surface area contributed by atoms with E-state index in [4.69, 9.17) is 9.15 Å². The second-order valence-electron chi connectivity index (χ2n) is 6.92. The number of furan rings is 1. The highest BCUT2D eigenvalue weighted by Crippen LogP contribution is 2.31. The number of amides is 3. The minimum Gasteiger partial charge on any atom is -0.490 e. The minimum absolute atomic E-state index is 0.0648. The molecule has 0 bridgehead atoms. The fourth-order valence-corrected chi connectivity index (χ4v) is 3.24. The Morgan fingerprint density at radius 1 is 0.871 bits per heavy atom. The van der Waals surface area contributed by atoms with Gasteiger partial charge in [-0.2, -0.15) is 0 Å². The number of carbonyl (C=O) groups excluding carboxylic acids is 3. The molecule has 0 aliphatic carbocycles. The third-order valence-electron chi connectivity index (χ3n) is 4.77. The summed E-state index contributed by atoms with van der Waals surface area (Å²) in [5, 5.41) is 5.47. The first kappa shape index (κ1) is 20.2. The first-order valence-corrected chi connectivity index (χ1v) is 9.87. The maximum atomic E-state index is 12.6. The van der Waals surface area contributed by atoms with E-state index in [0.717, 1.165) is 5.69 Å². The molecule has 0 saturated carbocycles. The Kier molecular flexibility index (Phi) is 5.98. The number of nitrogens with one attached hydrogen (secondary N) is 2. The van der Waals surface area contributed by atoms with E-state index >= 15 is 0 Å². The van der Waals surface area contributed by atoms with Crippen LogP contribution in [0.15, 0.2) is 71.3 Å². The summed E-state index contributed by atoms with van der Waals surface area (Å²) in [6.07, 6.45) is 1.59. The lowest BCUT2D eigenvalue weighted by Crippen LogP contribution is -2.38. The number of rotatable bonds is 6. The maximum Gasteiger partial charge on any atom is 0.291 e. The van der Waals surface area contributed by atoms with Crippen molar-refractivity contribution in [2.45, 2.75) is 12.8 Å². The summed E-state index contributed by atoms with van der Waals surface area (Å²) >= 11 is 0. The highest BCUT2D eigenvalue weighted by molar-refractivity contribution is 6.02. The number of ether oxygens (including phenoxy) is 1. The molecule has 1 aliphatic heterocycles. The molecule has 0 unspecified atom stereocenters. The van der Waals surface area contributed by atoms with Gasteiger partial charge in [0.2, 0.25) is 11.8 Å². The lowest BCUT2D eigenvalue weighted by molar-refractivity contribution is -0.122. The van der Waals surface area contributed by atoms with Gasteiger partial charge in [0.25, 0.3) is 5.91 Å². The molecule has 2 N–H and O–H groups in total. The van der Waals surface area contributed by atoms with Crippen molar-refractivity contribution in [3.63, 3.8) is 0 Å². The Hall–Kier alpha value is -4.07. The van der Waals surface area contributed by atoms with E-state index < -0.39 is 0 Å². The predicted molar refractivity (Wildman–Crippen MR) is 115 cm³/mol. The molecule has 2 aromatic carbocycles. The molecule has 0 atom stereocenters. The third kappa shape index (κ3) is 4.92. The molecule has 3 aromatic rings. The van der Waals surface area contributed by atoms with Crippen molar-refractivity contribution in [3.05, 3.63) is 72.7 Å². The van der Waals surface area contributed by atoms with Crippen LogP contribution in [0.5, 0.6) is 5.75 Å². The lowest BCUT2D eigenvalue weighted by atomic mass is 10.2. The maximum absolute atomic E-state index is 12.6. The Balaban J connectivity index is 1.27. The quantitative estimate of drug-likeness (QED) is 0.635. The Labute approximate surface area is 178 Å². The fourth-order valence-electron chi connectivity index (χ4n) is 3.24. The SMILES string of the molecule is O=C(CCC(=O)N1CCOc2ccccc21)Nc1ccc(NC(=O)c2ccco2)cc1. The van der Waals surface area contributed by atoms with E-state index in [0.29, 0.717) is 30.3 Å². The van der Waals surface area contributed by atoms with Gasteiger partial charge in [-0.1, -0.05) is 12.1 Å². The fraction of sp³-hybridized carbons (Fsp3) is 0.174. The van der Waals surface area contributed by atoms with E-state index in [2.05, 4.69) is 10.6 Å². The highest BCUT2D eigenvalue weighted by atomic mass is 16.5. The van der Waals surface area contributed by atoms with E-state index in [-0.39, 0.29) is 36.3 Å². The van der Waals surface area contributed by atoms with E-state index in [1.165, 1.54) is 6.26 Å². The van der Waals surface area contributed by atoms with Gasteiger partial charge in [-0.15, -0.1) is 0 Å². The molecule has 31 heavy (non-hydrogen) atoms. The van der Waals surface area contributed by atoms with Crippen LogP contribution in [0.4, 0.5) is 17.1 Å². The normalized spacial score (nSPS) is 12.5. The lowest BCUT2D eigenvalue weighted by Gasteiger charge is -2.29. The Morgan fingerprint density at radius 2 is 1.61 bits per heavy atom. The molecule has 3 amide bonds. The van der Waals surface area contributed by atoms with Crippen molar-refractivity contribution >= 4 is 34.8 Å². The van der Waals surface area contributed by atoms with Crippen LogP contribution in [-0.2, 0) is 9.59 Å². The number of carbonyl (C=O) groups is 3. The molecule has 8 nitrogen and oxygen atoms in total. The van der Waals surface area contributed by atoms with Gasteiger partial charge in [-0.25, -0.2) is 0 Å². The standard InChI is InChI=1S/C23H21N3O5/c27-21(11-12-22(28)26-13-15-31-19-5-2-1-4-18(19)26)24-16-7-9-17(10-8-16)25-23(29)20-6-3-14-30-20/h1-10,14H,11-13,15H2,(H,24,27)(H,25,29). The van der Waals surface area contributed by atoms with Crippen LogP contribution in [-0.4, -0.2) is 30.9 Å². The van der Waals surface area contributed by atoms with Crippen LogP contribution in [0.2, 0.25) is 0 Å². The van der Waals surface area contributed by atoms with Crippen LogP contribution in [0.25, 0.3) is 0 Å². The summed E-state index contributed by atoms with van der Waals surface area (Å²) in [5.74, 6) is 0.143. The molecule has 2 heterocycles. The molecule has 0 radical (unpaired) electrons. The number of nitrogens with zero attached hydrogens (tertiary/aromatic N) is 1. The highest BCUT2D eigenvalue weighted by Gasteiger charge is 2.23. The summed E-state index contributed by atoms with van der Waals surface area (Å²) < 4.78 is 10.6. The van der Waals surface area contributed by atoms with Crippen molar-refractivity contribution in [2.24, 2.45) is 0 Å². The summed E-state index contributed by atoms with van der Waals surface area (Å²) in [5.41, 5.74) is 1.87. The monoisotopic (exact) mass is 419 g/mol. The zero-order chi connectivity index (χ0) is 21.6. The number of hydrogen-bond acceptors (Lipinski definition) is 5. The van der Waals surface area contributed by atoms with Gasteiger partial charge in [-0.3, -0.25) is 14.4 Å². The number of para-hydroxylation sites is 2. The Morgan fingerprint density at radius 3 is 2.35 bits per heavy atom. The van der Waals surface area contributed by atoms with Gasteiger partial charge < -0.3 is 24.7 Å². The van der Waals surface area contributed by atoms with Gasteiger partial charge in [0, 0.05) is 24.2 Å². The van der Waals surface area contributed by atoms with Crippen molar-refractivity contribution in [1.29, 1.82) is 0 Å². The van der Waals surface area contributed by atoms with Crippen LogP contribution < -0.4 is 20.3 Å². The van der Waals surface area contributed by atoms with Gasteiger partial charge >= 0.3 is 0 Å². The number of hydrogen-bond donors (Lipinski definition) is 2. The van der Waals surface area contributed by atoms with Crippen molar-refractivity contribution < 1.29 is 23.5 Å². The molecule has 1 aromatic heterocycles. The van der Waals surface area contributed by atoms with Crippen molar-refractivity contribution in [3.8, 4) is 5.75 Å². The second kappa shape index (κ2) is 9.17. The Bertz CT molecular complexity index is 1080. The van der Waals surface area contributed by atoms with Gasteiger partial charge in [0.05, 0.1) is 18.5 Å². The van der Waals surface area contributed by atoms with Crippen LogP contribution in [0, 0.1) is 0 Å². The largest absolute Gasteiger partial charge is 0.490 e. The molecule has 4 rings (SSSR count). The van der Waals surface area contributed by atoms with Crippen LogP contribution >= 0.6 is 0 Å². The molecule has 8 heteroatoms. The van der Waals surface area contributed by atoms with Crippen molar-refractivity contribution in [1.82, 2.24) is 0 Å². The molecule has 0 saturated heterocycles. The summed E-state index contributed by atoms with van der Waals surface area (Å²) in [7, 11) is 0. The topological polar surface area (TPSA) is 101 Å². The van der Waals surface area contributed by atoms with E-state index in [1.54, 1.807) is 41.3 Å². The van der Waals surface area contributed by atoms with E-state index in [1.807, 2.05) is 24.3 Å². The molecule has 158 valence electrons. The summed E-state index contributed by atoms with van der Waals surface area (Å²) in [6, 6.07) is 17.3. The molecule has 1 aliphatic rings. The summed E-state index contributed by atoms with van der Waals surface area (Å²) in [4.78, 5) is 38.5. The van der Waals surface area contributed by atoms with E-state index in [9.17, 15) is 14.4 Å². The van der Waals surface area contributed by atoms with Gasteiger partial charge in [0.1, 0.15) is 12.4 Å². The van der Waals surface area contributed by atoms with Crippen LogP contribution in [0.3, 0.4) is 0 Å². The third-order valence-corrected chi connectivity index (χ3v) is 4.77. The van der Waals surface area contributed by atoms with Gasteiger partial charge in [-0.05, 0) is 48.5 Å². The van der Waals surface area contributed by atoms with Crippen LogP contribution in [0.1, 0.15) is 23.4 Å².